The standard InChI is InChI=1S/C49H93NO10/c1-3-5-7-8-9-10-11-12-13-14-15-16-17-18-19-20-21-22-23-26-30-34-42(53)48(58)50-40(37-59-49-47(57)46(56)45(55)43(36-51)60-49)44(54)41(52)33-29-27-24-25-28-32-39-35-38(39)31-6-4-2/h27,29,38-47,49,51-57H,3-26,28,30-37H2,1-2H3,(H,50,58)/b29-27+/t38?,39?,40?,41-,42-,43?,44+,45-,46?,47+,49?/m1/s1. The average Bonchev–Trinajstić information content (AvgIpc) is 4.01. The first-order valence-corrected chi connectivity index (χ1v) is 25.1. The number of carbonyl (C=O) groups excluding carboxylic acids is 1. The van der Waals surface area contributed by atoms with Gasteiger partial charge in [0, 0.05) is 0 Å². The third-order valence-corrected chi connectivity index (χ3v) is 13.0. The number of aliphatic hydroxyl groups is 7. The lowest BCUT2D eigenvalue weighted by molar-refractivity contribution is -0.303. The molecule has 2 fully saturated rings. The van der Waals surface area contributed by atoms with Crippen molar-refractivity contribution in [2.75, 3.05) is 13.2 Å². The van der Waals surface area contributed by atoms with Gasteiger partial charge in [-0.2, -0.15) is 0 Å². The van der Waals surface area contributed by atoms with Crippen LogP contribution in [0.25, 0.3) is 0 Å². The molecule has 60 heavy (non-hydrogen) atoms. The van der Waals surface area contributed by atoms with Crippen molar-refractivity contribution in [1.29, 1.82) is 0 Å². The number of carbonyl (C=O) groups is 1. The van der Waals surface area contributed by atoms with Gasteiger partial charge in [-0.3, -0.25) is 4.79 Å². The van der Waals surface area contributed by atoms with E-state index in [9.17, 15) is 40.5 Å². The summed E-state index contributed by atoms with van der Waals surface area (Å²) in [4.78, 5) is 13.1. The molecule has 0 spiro atoms. The lowest BCUT2D eigenvalue weighted by atomic mass is 9.99. The monoisotopic (exact) mass is 856 g/mol. The van der Waals surface area contributed by atoms with Gasteiger partial charge >= 0.3 is 0 Å². The molecule has 1 saturated heterocycles. The van der Waals surface area contributed by atoms with Gasteiger partial charge in [0.05, 0.1) is 25.4 Å². The van der Waals surface area contributed by atoms with E-state index in [2.05, 4.69) is 19.2 Å². The summed E-state index contributed by atoms with van der Waals surface area (Å²) in [6.07, 6.45) is 29.1. The largest absolute Gasteiger partial charge is 0.394 e. The summed E-state index contributed by atoms with van der Waals surface area (Å²) in [6.45, 7) is 3.44. The maximum atomic E-state index is 13.1. The van der Waals surface area contributed by atoms with Crippen LogP contribution in [0, 0.1) is 11.8 Å². The zero-order chi connectivity index (χ0) is 43.8. The lowest BCUT2D eigenvalue weighted by Crippen LogP contribution is -2.60. The summed E-state index contributed by atoms with van der Waals surface area (Å²) < 4.78 is 11.1. The smallest absolute Gasteiger partial charge is 0.249 e. The predicted octanol–water partition coefficient (Wildman–Crippen LogP) is 8.31. The van der Waals surface area contributed by atoms with Crippen LogP contribution in [0.2, 0.25) is 0 Å². The first-order chi connectivity index (χ1) is 29.1. The van der Waals surface area contributed by atoms with Gasteiger partial charge in [-0.15, -0.1) is 0 Å². The molecule has 2 aliphatic rings. The van der Waals surface area contributed by atoms with Crippen LogP contribution in [0.3, 0.4) is 0 Å². The SMILES string of the molecule is CCCCCCCCCCCCCCCCCCCCCCC[C@@H](O)C(=O)NC(COC1OC(CO)[C@@H](O)C(O)[C@@H]1O)[C@H](O)[C@H](O)C/C=C/CCCCC1CC1CCCC. The molecule has 0 aromatic rings. The molecule has 11 atom stereocenters. The van der Waals surface area contributed by atoms with E-state index in [0.29, 0.717) is 6.42 Å². The highest BCUT2D eigenvalue weighted by molar-refractivity contribution is 5.80. The van der Waals surface area contributed by atoms with Crippen LogP contribution in [-0.4, -0.2) is 110 Å². The van der Waals surface area contributed by atoms with Gasteiger partial charge in [0.15, 0.2) is 6.29 Å². The second kappa shape index (κ2) is 35.2. The van der Waals surface area contributed by atoms with E-state index < -0.39 is 74.2 Å². The summed E-state index contributed by atoms with van der Waals surface area (Å²) >= 11 is 0. The topological polar surface area (TPSA) is 189 Å². The summed E-state index contributed by atoms with van der Waals surface area (Å²) in [5.41, 5.74) is 0. The molecule has 2 rings (SSSR count). The number of ether oxygens (including phenoxy) is 2. The Bertz CT molecular complexity index is 1050. The number of aliphatic hydroxyl groups excluding tert-OH is 7. The van der Waals surface area contributed by atoms with E-state index in [1.165, 1.54) is 148 Å². The number of rotatable bonds is 40. The Hall–Kier alpha value is -1.15. The van der Waals surface area contributed by atoms with Gasteiger partial charge in [0.25, 0.3) is 0 Å². The fourth-order valence-corrected chi connectivity index (χ4v) is 8.72. The molecule has 6 unspecified atom stereocenters. The Labute approximate surface area is 365 Å². The number of hydrogen-bond acceptors (Lipinski definition) is 10. The Kier molecular flexibility index (Phi) is 32.3. The molecule has 1 aliphatic heterocycles. The third kappa shape index (κ3) is 24.6. The first-order valence-electron chi connectivity index (χ1n) is 25.1. The Morgan fingerprint density at radius 3 is 1.67 bits per heavy atom. The minimum Gasteiger partial charge on any atom is -0.394 e. The molecule has 8 N–H and O–H groups in total. The van der Waals surface area contributed by atoms with Crippen molar-refractivity contribution >= 4 is 5.91 Å². The van der Waals surface area contributed by atoms with Gasteiger partial charge in [0.1, 0.15) is 36.6 Å². The zero-order valence-electron chi connectivity index (χ0n) is 38.2. The molecule has 0 aromatic heterocycles. The van der Waals surface area contributed by atoms with E-state index in [1.807, 2.05) is 12.2 Å². The molecular formula is C49H93NO10. The van der Waals surface area contributed by atoms with Gasteiger partial charge in [-0.05, 0) is 43.9 Å². The summed E-state index contributed by atoms with van der Waals surface area (Å²) in [7, 11) is 0. The fourth-order valence-electron chi connectivity index (χ4n) is 8.72. The van der Waals surface area contributed by atoms with Crippen LogP contribution < -0.4 is 5.32 Å². The Balaban J connectivity index is 1.64. The average molecular weight is 856 g/mol. The molecule has 1 amide bonds. The van der Waals surface area contributed by atoms with Crippen LogP contribution in [0.5, 0.6) is 0 Å². The highest BCUT2D eigenvalue weighted by Crippen LogP contribution is 2.45. The zero-order valence-corrected chi connectivity index (χ0v) is 38.2. The number of nitrogens with one attached hydrogen (secondary N) is 1. The van der Waals surface area contributed by atoms with Crippen LogP contribution in [0.15, 0.2) is 12.2 Å². The van der Waals surface area contributed by atoms with Crippen LogP contribution >= 0.6 is 0 Å². The summed E-state index contributed by atoms with van der Waals surface area (Å²) in [5, 5.41) is 75.7. The Morgan fingerprint density at radius 1 is 0.650 bits per heavy atom. The van der Waals surface area contributed by atoms with Crippen molar-refractivity contribution in [2.24, 2.45) is 11.8 Å². The fraction of sp³-hybridized carbons (Fsp3) is 0.939. The van der Waals surface area contributed by atoms with Crippen LogP contribution in [0.1, 0.15) is 213 Å². The second-order valence-electron chi connectivity index (χ2n) is 18.5. The maximum absolute atomic E-state index is 13.1. The number of unbranched alkanes of at least 4 members (excludes halogenated alkanes) is 23. The van der Waals surface area contributed by atoms with Crippen molar-refractivity contribution in [3.63, 3.8) is 0 Å². The molecular weight excluding hydrogens is 763 g/mol. The minimum atomic E-state index is -1.67. The van der Waals surface area contributed by atoms with E-state index >= 15 is 0 Å². The van der Waals surface area contributed by atoms with Gasteiger partial charge < -0.3 is 50.5 Å². The molecule has 0 bridgehead atoms. The molecule has 11 heteroatoms. The third-order valence-electron chi connectivity index (χ3n) is 13.0. The van der Waals surface area contributed by atoms with Crippen molar-refractivity contribution in [3.05, 3.63) is 12.2 Å². The van der Waals surface area contributed by atoms with E-state index in [4.69, 9.17) is 9.47 Å². The highest BCUT2D eigenvalue weighted by Gasteiger charge is 2.44. The molecule has 11 nitrogen and oxygen atoms in total. The van der Waals surface area contributed by atoms with Gasteiger partial charge in [-0.25, -0.2) is 0 Å². The Morgan fingerprint density at radius 2 is 1.15 bits per heavy atom. The summed E-state index contributed by atoms with van der Waals surface area (Å²) in [6, 6.07) is -1.19. The maximum Gasteiger partial charge on any atom is 0.249 e. The minimum absolute atomic E-state index is 0.136. The quantitative estimate of drug-likeness (QED) is 0.0220. The molecule has 0 aromatic carbocycles. The molecule has 354 valence electrons. The van der Waals surface area contributed by atoms with Crippen molar-refractivity contribution in [2.45, 2.75) is 268 Å². The van der Waals surface area contributed by atoms with E-state index in [1.54, 1.807) is 0 Å². The van der Waals surface area contributed by atoms with Crippen LogP contribution in [0.4, 0.5) is 0 Å². The molecule has 1 heterocycles. The molecule has 1 saturated carbocycles. The van der Waals surface area contributed by atoms with Gasteiger partial charge in [-0.1, -0.05) is 193 Å². The normalized spacial score (nSPS) is 25.1. The number of hydrogen-bond donors (Lipinski definition) is 8. The second-order valence-corrected chi connectivity index (χ2v) is 18.5. The van der Waals surface area contributed by atoms with Crippen molar-refractivity contribution in [3.8, 4) is 0 Å². The predicted molar refractivity (Wildman–Crippen MR) is 240 cm³/mol. The number of amides is 1. The number of allylic oxidation sites excluding steroid dienone is 1. The van der Waals surface area contributed by atoms with Gasteiger partial charge in [0.2, 0.25) is 5.91 Å². The summed E-state index contributed by atoms with van der Waals surface area (Å²) in [5.74, 6) is 1.10. The molecule has 0 radical (unpaired) electrons. The molecule has 1 aliphatic carbocycles. The first kappa shape index (κ1) is 55.0. The van der Waals surface area contributed by atoms with Crippen LogP contribution in [-0.2, 0) is 14.3 Å². The van der Waals surface area contributed by atoms with Crippen molar-refractivity contribution in [1.82, 2.24) is 5.32 Å². The van der Waals surface area contributed by atoms with E-state index in [0.717, 1.165) is 43.9 Å². The van der Waals surface area contributed by atoms with E-state index in [-0.39, 0.29) is 12.8 Å². The van der Waals surface area contributed by atoms with Crippen molar-refractivity contribution < 1.29 is 50.0 Å². The lowest BCUT2D eigenvalue weighted by Gasteiger charge is -2.40. The highest BCUT2D eigenvalue weighted by atomic mass is 16.7.